The molecule has 0 bridgehead atoms. The van der Waals surface area contributed by atoms with E-state index in [1.165, 1.54) is 30.3 Å². The Morgan fingerprint density at radius 2 is 1.77 bits per heavy atom. The summed E-state index contributed by atoms with van der Waals surface area (Å²) in [5, 5.41) is 14.0. The van der Waals surface area contributed by atoms with Gasteiger partial charge in [0.25, 0.3) is 21.6 Å². The number of carbonyl (C=O) groups excluding carboxylic acids is 1. The molecule has 11 heteroatoms. The number of nitro benzene ring substituents is 1. The molecule has 0 aromatic heterocycles. The average Bonchev–Trinajstić information content (AvgIpc) is 3.30. The fourth-order valence-electron chi connectivity index (χ4n) is 4.42. The van der Waals surface area contributed by atoms with E-state index in [1.54, 1.807) is 12.1 Å². The van der Waals surface area contributed by atoms with Gasteiger partial charge < -0.3 is 15.1 Å². The SMILES string of the molecule is CN1CCCCCC1=NS(=O)(=O)c1cccc(NC(=O)c2cc([N+](=O)[O-])ccc2N2CCCC2)c1. The number of likely N-dealkylation sites (tertiary alicyclic amines) is 1. The lowest BCUT2D eigenvalue weighted by Crippen LogP contribution is -2.27. The minimum Gasteiger partial charge on any atom is -0.371 e. The quantitative estimate of drug-likeness (QED) is 0.470. The van der Waals surface area contributed by atoms with Crippen LogP contribution in [0.4, 0.5) is 17.1 Å². The second kappa shape index (κ2) is 10.4. The van der Waals surface area contributed by atoms with E-state index in [-0.39, 0.29) is 21.8 Å². The van der Waals surface area contributed by atoms with Crippen LogP contribution in [0.1, 0.15) is 48.9 Å². The van der Waals surface area contributed by atoms with Crippen molar-refractivity contribution in [1.29, 1.82) is 0 Å². The Bertz CT molecular complexity index is 1250. The number of sulfonamides is 1. The third-order valence-corrected chi connectivity index (χ3v) is 7.63. The molecule has 1 amide bonds. The highest BCUT2D eigenvalue weighted by atomic mass is 32.2. The zero-order chi connectivity index (χ0) is 25.0. The Morgan fingerprint density at radius 3 is 2.51 bits per heavy atom. The van der Waals surface area contributed by atoms with Gasteiger partial charge in [-0.25, -0.2) is 0 Å². The number of carbonyl (C=O) groups is 1. The van der Waals surface area contributed by atoms with Gasteiger partial charge in [0, 0.05) is 50.9 Å². The fourth-order valence-corrected chi connectivity index (χ4v) is 5.56. The number of hydrogen-bond donors (Lipinski definition) is 1. The lowest BCUT2D eigenvalue weighted by atomic mass is 10.1. The molecular weight excluding hydrogens is 470 g/mol. The lowest BCUT2D eigenvalue weighted by Gasteiger charge is -2.21. The second-order valence-corrected chi connectivity index (χ2v) is 10.5. The van der Waals surface area contributed by atoms with E-state index in [9.17, 15) is 23.3 Å². The summed E-state index contributed by atoms with van der Waals surface area (Å²) in [6.45, 7) is 2.29. The number of anilines is 2. The maximum absolute atomic E-state index is 13.2. The van der Waals surface area contributed by atoms with Gasteiger partial charge in [-0.2, -0.15) is 8.42 Å². The van der Waals surface area contributed by atoms with Crippen molar-refractivity contribution >= 4 is 38.8 Å². The lowest BCUT2D eigenvalue weighted by molar-refractivity contribution is -0.384. The number of non-ortho nitro benzene ring substituents is 1. The Hall–Kier alpha value is -3.47. The maximum Gasteiger partial charge on any atom is 0.284 e. The molecule has 0 radical (unpaired) electrons. The predicted molar refractivity (Wildman–Crippen MR) is 135 cm³/mol. The van der Waals surface area contributed by atoms with E-state index >= 15 is 0 Å². The maximum atomic E-state index is 13.2. The summed E-state index contributed by atoms with van der Waals surface area (Å²) in [5.74, 6) is -0.0104. The second-order valence-electron chi connectivity index (χ2n) is 8.85. The van der Waals surface area contributed by atoms with E-state index in [1.807, 2.05) is 16.8 Å². The summed E-state index contributed by atoms with van der Waals surface area (Å²) in [7, 11) is -2.13. The highest BCUT2D eigenvalue weighted by Crippen LogP contribution is 2.29. The molecule has 2 heterocycles. The van der Waals surface area contributed by atoms with E-state index in [4.69, 9.17) is 0 Å². The monoisotopic (exact) mass is 499 g/mol. The van der Waals surface area contributed by atoms with Crippen LogP contribution in [0, 0.1) is 10.1 Å². The number of hydrogen-bond acceptors (Lipinski definition) is 6. The number of amides is 1. The van der Waals surface area contributed by atoms with Gasteiger partial charge in [0.1, 0.15) is 5.84 Å². The van der Waals surface area contributed by atoms with Crippen LogP contribution in [0.5, 0.6) is 0 Å². The van der Waals surface area contributed by atoms with Crippen LogP contribution in [0.25, 0.3) is 0 Å². The van der Waals surface area contributed by atoms with Crippen molar-refractivity contribution in [3.8, 4) is 0 Å². The Balaban J connectivity index is 1.61. The van der Waals surface area contributed by atoms with Crippen LogP contribution < -0.4 is 10.2 Å². The number of nitro groups is 1. The molecule has 35 heavy (non-hydrogen) atoms. The largest absolute Gasteiger partial charge is 0.371 e. The van der Waals surface area contributed by atoms with Crippen LogP contribution in [0.15, 0.2) is 51.8 Å². The summed E-state index contributed by atoms with van der Waals surface area (Å²) in [6, 6.07) is 10.2. The number of nitrogens with one attached hydrogen (secondary N) is 1. The normalized spacial score (nSPS) is 17.9. The number of amidine groups is 1. The Labute approximate surface area is 204 Å². The minimum absolute atomic E-state index is 0.0285. The van der Waals surface area contributed by atoms with Gasteiger partial charge in [-0.1, -0.05) is 12.5 Å². The van der Waals surface area contributed by atoms with Crippen LogP contribution in [-0.2, 0) is 10.0 Å². The molecule has 10 nitrogen and oxygen atoms in total. The topological polar surface area (TPSA) is 125 Å². The molecule has 4 rings (SSSR count). The number of nitrogens with zero attached hydrogens (tertiary/aromatic N) is 4. The smallest absolute Gasteiger partial charge is 0.284 e. The van der Waals surface area contributed by atoms with Gasteiger partial charge in [0.2, 0.25) is 0 Å². The number of rotatable bonds is 6. The molecule has 0 aliphatic carbocycles. The van der Waals surface area contributed by atoms with Gasteiger partial charge in [-0.15, -0.1) is 4.40 Å². The van der Waals surface area contributed by atoms with Gasteiger partial charge in [-0.3, -0.25) is 14.9 Å². The van der Waals surface area contributed by atoms with E-state index < -0.39 is 20.9 Å². The predicted octanol–water partition coefficient (Wildman–Crippen LogP) is 4.04. The van der Waals surface area contributed by atoms with Crippen molar-refractivity contribution in [2.75, 3.05) is 36.9 Å². The van der Waals surface area contributed by atoms with Crippen molar-refractivity contribution in [2.24, 2.45) is 4.40 Å². The first kappa shape index (κ1) is 24.6. The Morgan fingerprint density at radius 1 is 1.03 bits per heavy atom. The van der Waals surface area contributed by atoms with Crippen LogP contribution in [0.3, 0.4) is 0 Å². The van der Waals surface area contributed by atoms with Crippen LogP contribution >= 0.6 is 0 Å². The highest BCUT2D eigenvalue weighted by Gasteiger charge is 2.24. The van der Waals surface area contributed by atoms with E-state index in [0.29, 0.717) is 17.9 Å². The van der Waals surface area contributed by atoms with Crippen LogP contribution in [-0.4, -0.2) is 56.7 Å². The fraction of sp³-hybridized carbons (Fsp3) is 0.417. The molecule has 2 aromatic carbocycles. The molecule has 1 N–H and O–H groups in total. The standard InChI is InChI=1S/C24H29N5O5S/c1-27-13-4-2-3-10-23(27)26-35(33,34)20-9-7-8-18(16-20)25-24(30)21-17-19(29(31)32)11-12-22(21)28-14-5-6-15-28/h7-9,11-12,16-17H,2-6,10,13-15H2,1H3,(H,25,30). The third kappa shape index (κ3) is 5.79. The van der Waals surface area contributed by atoms with Gasteiger partial charge in [0.05, 0.1) is 21.1 Å². The highest BCUT2D eigenvalue weighted by molar-refractivity contribution is 7.90. The molecule has 2 aliphatic heterocycles. The summed E-state index contributed by atoms with van der Waals surface area (Å²) in [4.78, 5) is 27.8. The van der Waals surface area contributed by atoms with E-state index in [0.717, 1.165) is 51.7 Å². The average molecular weight is 500 g/mol. The van der Waals surface area contributed by atoms with Gasteiger partial charge in [0.15, 0.2) is 0 Å². The molecule has 2 fully saturated rings. The zero-order valence-electron chi connectivity index (χ0n) is 19.6. The van der Waals surface area contributed by atoms with Crippen molar-refractivity contribution in [3.05, 3.63) is 58.1 Å². The Kier molecular flexibility index (Phi) is 7.34. The van der Waals surface area contributed by atoms with Crippen LogP contribution in [0.2, 0.25) is 0 Å². The molecule has 0 spiro atoms. The molecular formula is C24H29N5O5S. The first-order valence-electron chi connectivity index (χ1n) is 11.7. The first-order chi connectivity index (χ1) is 16.7. The summed E-state index contributed by atoms with van der Waals surface area (Å²) >= 11 is 0. The van der Waals surface area contributed by atoms with Gasteiger partial charge >= 0.3 is 0 Å². The molecule has 0 saturated carbocycles. The third-order valence-electron chi connectivity index (χ3n) is 6.33. The minimum atomic E-state index is -3.97. The van der Waals surface area contributed by atoms with Crippen molar-refractivity contribution in [1.82, 2.24) is 4.90 Å². The molecule has 2 aliphatic rings. The molecule has 2 saturated heterocycles. The number of benzene rings is 2. The van der Waals surface area contributed by atoms with E-state index in [2.05, 4.69) is 9.71 Å². The zero-order valence-corrected chi connectivity index (χ0v) is 20.5. The molecule has 0 unspecified atom stereocenters. The molecule has 2 aromatic rings. The molecule has 0 atom stereocenters. The summed E-state index contributed by atoms with van der Waals surface area (Å²) in [5.41, 5.74) is 0.883. The first-order valence-corrected chi connectivity index (χ1v) is 13.2. The van der Waals surface area contributed by atoms with Crippen molar-refractivity contribution in [3.63, 3.8) is 0 Å². The summed E-state index contributed by atoms with van der Waals surface area (Å²) in [6.07, 6.45) is 5.47. The van der Waals surface area contributed by atoms with Gasteiger partial charge in [-0.05, 0) is 49.9 Å². The van der Waals surface area contributed by atoms with Crippen molar-refractivity contribution in [2.45, 2.75) is 43.4 Å². The summed E-state index contributed by atoms with van der Waals surface area (Å²) < 4.78 is 30.1. The van der Waals surface area contributed by atoms with Crippen molar-refractivity contribution < 1.29 is 18.1 Å². The molecule has 186 valence electrons.